The highest BCUT2D eigenvalue weighted by atomic mass is 16.2. The van der Waals surface area contributed by atoms with Crippen LogP contribution < -0.4 is 5.56 Å². The molecule has 6 heteroatoms. The zero-order valence-corrected chi connectivity index (χ0v) is 17.1. The van der Waals surface area contributed by atoms with Crippen LogP contribution >= 0.6 is 0 Å². The Morgan fingerprint density at radius 1 is 0.893 bits per heavy atom. The molecule has 2 fully saturated rings. The Hall–Kier alpha value is -1.69. The molecule has 1 aromatic heterocycles. The number of rotatable bonds is 5. The summed E-state index contributed by atoms with van der Waals surface area (Å²) in [7, 11) is 0. The molecule has 1 amide bonds. The van der Waals surface area contributed by atoms with Gasteiger partial charge in [-0.05, 0) is 75.9 Å². The molecule has 0 atom stereocenters. The molecule has 0 radical (unpaired) electrons. The number of carbonyl (C=O) groups excluding carboxylic acids is 1. The fraction of sp³-hybridized carbons (Fsp3) is 0.773. The van der Waals surface area contributed by atoms with Gasteiger partial charge in [0.15, 0.2) is 0 Å². The number of aromatic nitrogens is 2. The maximum Gasteiger partial charge on any atom is 0.267 e. The summed E-state index contributed by atoms with van der Waals surface area (Å²) in [5.41, 5.74) is 2.39. The van der Waals surface area contributed by atoms with Crippen molar-refractivity contribution in [2.45, 2.75) is 70.8 Å². The Kier molecular flexibility index (Phi) is 6.45. The first kappa shape index (κ1) is 19.6. The van der Waals surface area contributed by atoms with Crippen LogP contribution in [0.1, 0.15) is 62.6 Å². The van der Waals surface area contributed by atoms with E-state index >= 15 is 0 Å². The number of carbonyl (C=O) groups is 1. The molecular formula is C22H34N4O2. The van der Waals surface area contributed by atoms with Gasteiger partial charge in [-0.3, -0.25) is 9.59 Å². The summed E-state index contributed by atoms with van der Waals surface area (Å²) in [5.74, 6) is 0.869. The van der Waals surface area contributed by atoms with E-state index in [4.69, 9.17) is 0 Å². The molecule has 1 aromatic rings. The van der Waals surface area contributed by atoms with Crippen molar-refractivity contribution in [1.82, 2.24) is 19.6 Å². The van der Waals surface area contributed by atoms with Gasteiger partial charge in [-0.25, -0.2) is 4.68 Å². The number of fused-ring (bicyclic) bond motifs is 1. The van der Waals surface area contributed by atoms with Gasteiger partial charge >= 0.3 is 0 Å². The van der Waals surface area contributed by atoms with E-state index in [1.807, 2.05) is 6.07 Å². The molecule has 0 saturated carbocycles. The van der Waals surface area contributed by atoms with Gasteiger partial charge in [-0.2, -0.15) is 5.10 Å². The number of nitrogens with zero attached hydrogens (tertiary/aromatic N) is 4. The Morgan fingerprint density at radius 3 is 2.54 bits per heavy atom. The van der Waals surface area contributed by atoms with Crippen LogP contribution in [0.2, 0.25) is 0 Å². The Labute approximate surface area is 167 Å². The van der Waals surface area contributed by atoms with E-state index in [1.54, 1.807) is 4.68 Å². The second kappa shape index (κ2) is 9.21. The number of amides is 1. The van der Waals surface area contributed by atoms with Gasteiger partial charge in [0.25, 0.3) is 5.56 Å². The predicted molar refractivity (Wildman–Crippen MR) is 109 cm³/mol. The lowest BCUT2D eigenvalue weighted by Crippen LogP contribution is -2.42. The lowest BCUT2D eigenvalue weighted by molar-refractivity contribution is -0.130. The van der Waals surface area contributed by atoms with Gasteiger partial charge in [-0.15, -0.1) is 0 Å². The van der Waals surface area contributed by atoms with Crippen LogP contribution in [0.3, 0.4) is 0 Å². The second-order valence-electron chi connectivity index (χ2n) is 8.82. The number of likely N-dealkylation sites (tertiary alicyclic amines) is 2. The standard InChI is InChI=1S/C22H34N4O2/c27-21-8-2-1-5-11-25(21)15-14-24-12-9-18(10-13-24)17-26-22(28)16-19-6-3-4-7-20(19)23-26/h16,18H,1-15,17H2. The fourth-order valence-corrected chi connectivity index (χ4v) is 4.91. The minimum atomic E-state index is 0.0720. The van der Waals surface area contributed by atoms with Crippen LogP contribution in [0.25, 0.3) is 0 Å². The summed E-state index contributed by atoms with van der Waals surface area (Å²) in [6, 6.07) is 1.83. The van der Waals surface area contributed by atoms with Crippen LogP contribution in [-0.4, -0.2) is 58.2 Å². The van der Waals surface area contributed by atoms with Crippen LogP contribution in [-0.2, 0) is 24.2 Å². The second-order valence-corrected chi connectivity index (χ2v) is 8.82. The molecule has 3 aliphatic rings. The molecule has 2 saturated heterocycles. The molecule has 1 aliphatic carbocycles. The van der Waals surface area contributed by atoms with Crippen LogP contribution in [0.15, 0.2) is 10.9 Å². The first-order valence-corrected chi connectivity index (χ1v) is 11.3. The van der Waals surface area contributed by atoms with Crippen molar-refractivity contribution in [2.75, 3.05) is 32.7 Å². The van der Waals surface area contributed by atoms with Crippen molar-refractivity contribution in [3.63, 3.8) is 0 Å². The monoisotopic (exact) mass is 386 g/mol. The van der Waals surface area contributed by atoms with E-state index in [0.717, 1.165) is 89.9 Å². The third-order valence-corrected chi connectivity index (χ3v) is 6.77. The Balaban J connectivity index is 1.25. The zero-order chi connectivity index (χ0) is 19.3. The summed E-state index contributed by atoms with van der Waals surface area (Å²) >= 11 is 0. The molecule has 6 nitrogen and oxygen atoms in total. The lowest BCUT2D eigenvalue weighted by Gasteiger charge is -2.33. The third kappa shape index (κ3) is 4.83. The van der Waals surface area contributed by atoms with Crippen molar-refractivity contribution < 1.29 is 4.79 Å². The summed E-state index contributed by atoms with van der Waals surface area (Å²) in [6.45, 7) is 5.66. The normalized spacial score (nSPS) is 22.1. The van der Waals surface area contributed by atoms with Gasteiger partial charge in [0, 0.05) is 38.7 Å². The van der Waals surface area contributed by atoms with E-state index in [2.05, 4.69) is 14.9 Å². The van der Waals surface area contributed by atoms with Crippen molar-refractivity contribution >= 4 is 5.91 Å². The van der Waals surface area contributed by atoms with Crippen LogP contribution in [0.5, 0.6) is 0 Å². The molecule has 0 N–H and O–H groups in total. The van der Waals surface area contributed by atoms with E-state index in [1.165, 1.54) is 24.8 Å². The number of piperidine rings is 1. The topological polar surface area (TPSA) is 58.4 Å². The maximum atomic E-state index is 12.4. The minimum absolute atomic E-state index is 0.0720. The van der Waals surface area contributed by atoms with Gasteiger partial charge in [0.05, 0.1) is 5.69 Å². The van der Waals surface area contributed by atoms with E-state index in [-0.39, 0.29) is 5.56 Å². The minimum Gasteiger partial charge on any atom is -0.341 e. The molecular weight excluding hydrogens is 352 g/mol. The zero-order valence-electron chi connectivity index (χ0n) is 17.1. The van der Waals surface area contributed by atoms with Crippen molar-refractivity contribution in [1.29, 1.82) is 0 Å². The summed E-state index contributed by atoms with van der Waals surface area (Å²) in [5, 5.41) is 4.69. The Bertz CT molecular complexity index is 737. The first-order valence-electron chi connectivity index (χ1n) is 11.3. The molecule has 154 valence electrons. The Morgan fingerprint density at radius 2 is 1.68 bits per heavy atom. The van der Waals surface area contributed by atoms with Crippen molar-refractivity contribution in [2.24, 2.45) is 5.92 Å². The van der Waals surface area contributed by atoms with Crippen molar-refractivity contribution in [3.05, 3.63) is 27.7 Å². The van der Waals surface area contributed by atoms with E-state index in [9.17, 15) is 9.59 Å². The van der Waals surface area contributed by atoms with Gasteiger partial charge in [0.2, 0.25) is 5.91 Å². The van der Waals surface area contributed by atoms with Gasteiger partial charge in [-0.1, -0.05) is 6.42 Å². The highest BCUT2D eigenvalue weighted by Crippen LogP contribution is 2.20. The molecule has 28 heavy (non-hydrogen) atoms. The molecule has 0 aromatic carbocycles. The van der Waals surface area contributed by atoms with Crippen LogP contribution in [0, 0.1) is 5.92 Å². The van der Waals surface area contributed by atoms with Gasteiger partial charge in [0.1, 0.15) is 0 Å². The number of aryl methyl sites for hydroxylation is 2. The summed E-state index contributed by atoms with van der Waals surface area (Å²) in [4.78, 5) is 29.1. The fourth-order valence-electron chi connectivity index (χ4n) is 4.91. The summed E-state index contributed by atoms with van der Waals surface area (Å²) < 4.78 is 1.72. The molecule has 0 spiro atoms. The molecule has 3 heterocycles. The number of hydrogen-bond donors (Lipinski definition) is 0. The highest BCUT2D eigenvalue weighted by molar-refractivity contribution is 5.76. The average molecular weight is 387 g/mol. The SMILES string of the molecule is O=C1CCCCCN1CCN1CCC(Cn2nc3c(cc2=O)CCCC3)CC1. The predicted octanol–water partition coefficient (Wildman–Crippen LogP) is 2.24. The van der Waals surface area contributed by atoms with Crippen molar-refractivity contribution in [3.8, 4) is 0 Å². The highest BCUT2D eigenvalue weighted by Gasteiger charge is 2.23. The number of hydrogen-bond acceptors (Lipinski definition) is 4. The third-order valence-electron chi connectivity index (χ3n) is 6.77. The quantitative estimate of drug-likeness (QED) is 0.779. The maximum absolute atomic E-state index is 12.4. The average Bonchev–Trinajstić information content (AvgIpc) is 2.92. The lowest BCUT2D eigenvalue weighted by atomic mass is 9.96. The smallest absolute Gasteiger partial charge is 0.267 e. The molecule has 0 unspecified atom stereocenters. The molecule has 2 aliphatic heterocycles. The summed E-state index contributed by atoms with van der Waals surface area (Å²) in [6.07, 6.45) is 10.7. The molecule has 4 rings (SSSR count). The van der Waals surface area contributed by atoms with Crippen LogP contribution in [0.4, 0.5) is 0 Å². The van der Waals surface area contributed by atoms with E-state index < -0.39 is 0 Å². The van der Waals surface area contributed by atoms with E-state index in [0.29, 0.717) is 11.8 Å². The van der Waals surface area contributed by atoms with Gasteiger partial charge < -0.3 is 9.80 Å². The molecule has 0 bridgehead atoms. The largest absolute Gasteiger partial charge is 0.341 e. The first-order chi connectivity index (χ1) is 13.7.